The van der Waals surface area contributed by atoms with Crippen LogP contribution in [0.1, 0.15) is 0 Å². The number of phenolic OH excluding ortho intramolecular Hbond substituents is 1. The van der Waals surface area contributed by atoms with Crippen LogP contribution >= 0.6 is 11.3 Å². The van der Waals surface area contributed by atoms with E-state index in [4.69, 9.17) is 0 Å². The van der Waals surface area contributed by atoms with Crippen molar-refractivity contribution >= 4 is 11.3 Å². The fourth-order valence-corrected chi connectivity index (χ4v) is 1.61. The first-order valence-corrected chi connectivity index (χ1v) is 4.54. The Balaban J connectivity index is 2.59. The van der Waals surface area contributed by atoms with Gasteiger partial charge in [-0.15, -0.1) is 0 Å². The minimum Gasteiger partial charge on any atom is -0.507 e. The first-order valence-electron chi connectivity index (χ1n) is 3.66. The van der Waals surface area contributed by atoms with Crippen molar-refractivity contribution in [2.45, 2.75) is 0 Å². The number of nitrogens with zero attached hydrogens (tertiary/aromatic N) is 1. The van der Waals surface area contributed by atoms with Gasteiger partial charge in [0.15, 0.2) is 0 Å². The van der Waals surface area contributed by atoms with Gasteiger partial charge in [-0.25, -0.2) is 4.98 Å². The van der Waals surface area contributed by atoms with Gasteiger partial charge in [-0.2, -0.15) is 4.39 Å². The molecule has 0 amide bonds. The normalized spacial score (nSPS) is 10.2. The minimum absolute atomic E-state index is 0.0484. The number of halogens is 1. The lowest BCUT2D eigenvalue weighted by molar-refractivity contribution is 0.476. The van der Waals surface area contributed by atoms with E-state index in [2.05, 4.69) is 4.98 Å². The molecule has 0 aliphatic carbocycles. The number of para-hydroxylation sites is 1. The molecule has 0 unspecified atom stereocenters. The Hall–Kier alpha value is -1.42. The van der Waals surface area contributed by atoms with Crippen LogP contribution < -0.4 is 0 Å². The molecule has 2 nitrogen and oxygen atoms in total. The van der Waals surface area contributed by atoms with E-state index in [0.29, 0.717) is 5.56 Å². The maximum Gasteiger partial charge on any atom is 0.204 e. The predicted molar refractivity (Wildman–Crippen MR) is 49.2 cm³/mol. The number of aromatic hydroxyl groups is 1. The second-order valence-corrected chi connectivity index (χ2v) is 3.30. The molecule has 0 aliphatic rings. The van der Waals surface area contributed by atoms with Crippen LogP contribution in [0.4, 0.5) is 4.39 Å². The van der Waals surface area contributed by atoms with Crippen molar-refractivity contribution in [1.29, 1.82) is 0 Å². The summed E-state index contributed by atoms with van der Waals surface area (Å²) in [6, 6.07) is 6.55. The molecule has 0 spiro atoms. The monoisotopic (exact) mass is 195 g/mol. The van der Waals surface area contributed by atoms with Crippen molar-refractivity contribution < 1.29 is 9.50 Å². The molecule has 0 fully saturated rings. The summed E-state index contributed by atoms with van der Waals surface area (Å²) < 4.78 is 13.1. The quantitative estimate of drug-likeness (QED) is 0.758. The van der Waals surface area contributed by atoms with E-state index in [1.807, 2.05) is 0 Å². The van der Waals surface area contributed by atoms with Crippen molar-refractivity contribution in [1.82, 2.24) is 4.98 Å². The van der Waals surface area contributed by atoms with Crippen LogP contribution in [0.25, 0.3) is 11.3 Å². The van der Waals surface area contributed by atoms with Crippen molar-refractivity contribution in [2.24, 2.45) is 0 Å². The van der Waals surface area contributed by atoms with E-state index >= 15 is 0 Å². The third-order valence-corrected chi connectivity index (χ3v) is 2.29. The van der Waals surface area contributed by atoms with Gasteiger partial charge in [0, 0.05) is 5.56 Å². The third kappa shape index (κ3) is 1.40. The van der Waals surface area contributed by atoms with Crippen LogP contribution in [0.15, 0.2) is 29.8 Å². The van der Waals surface area contributed by atoms with Gasteiger partial charge in [-0.05, 0) is 12.1 Å². The van der Waals surface area contributed by atoms with Crippen LogP contribution in [0.5, 0.6) is 5.75 Å². The summed E-state index contributed by atoms with van der Waals surface area (Å²) in [4.78, 5) is 3.83. The van der Waals surface area contributed by atoms with Gasteiger partial charge in [0.2, 0.25) is 5.13 Å². The van der Waals surface area contributed by atoms with E-state index in [0.717, 1.165) is 11.3 Å². The molecule has 0 radical (unpaired) electrons. The average Bonchev–Trinajstić information content (AvgIpc) is 2.52. The highest BCUT2D eigenvalue weighted by atomic mass is 32.1. The molecule has 2 aromatic rings. The summed E-state index contributed by atoms with van der Waals surface area (Å²) in [6.45, 7) is 0. The molecule has 2 rings (SSSR count). The van der Waals surface area contributed by atoms with Gasteiger partial charge in [0.1, 0.15) is 11.4 Å². The van der Waals surface area contributed by atoms with Gasteiger partial charge in [-0.3, -0.25) is 0 Å². The van der Waals surface area contributed by atoms with Gasteiger partial charge >= 0.3 is 0 Å². The highest BCUT2D eigenvalue weighted by Gasteiger charge is 2.10. The number of rotatable bonds is 1. The van der Waals surface area contributed by atoms with E-state index in [9.17, 15) is 9.50 Å². The topological polar surface area (TPSA) is 33.1 Å². The van der Waals surface area contributed by atoms with E-state index < -0.39 is 0 Å². The summed E-state index contributed by atoms with van der Waals surface area (Å²) in [5, 5.41) is 9.03. The fourth-order valence-electron chi connectivity index (χ4n) is 1.08. The second-order valence-electron chi connectivity index (χ2n) is 2.49. The van der Waals surface area contributed by atoms with Crippen LogP contribution in [0.2, 0.25) is 0 Å². The fraction of sp³-hybridized carbons (Fsp3) is 0. The largest absolute Gasteiger partial charge is 0.507 e. The summed E-state index contributed by atoms with van der Waals surface area (Å²) >= 11 is 0.919. The highest BCUT2D eigenvalue weighted by Crippen LogP contribution is 2.30. The number of benzene rings is 1. The number of hydrogen-bond acceptors (Lipinski definition) is 3. The Kier molecular flexibility index (Phi) is 1.98. The van der Waals surface area contributed by atoms with Gasteiger partial charge < -0.3 is 5.11 Å². The molecular weight excluding hydrogens is 189 g/mol. The predicted octanol–water partition coefficient (Wildman–Crippen LogP) is 2.65. The van der Waals surface area contributed by atoms with Crippen molar-refractivity contribution in [3.05, 3.63) is 34.9 Å². The zero-order valence-corrected chi connectivity index (χ0v) is 7.38. The molecule has 4 heteroatoms. The molecule has 1 heterocycles. The van der Waals surface area contributed by atoms with Gasteiger partial charge in [0.05, 0.1) is 5.51 Å². The minimum atomic E-state index is -0.374. The van der Waals surface area contributed by atoms with Crippen LogP contribution in [-0.4, -0.2) is 10.1 Å². The molecule has 1 N–H and O–H groups in total. The molecule has 0 atom stereocenters. The van der Waals surface area contributed by atoms with E-state index in [-0.39, 0.29) is 16.6 Å². The maximum absolute atomic E-state index is 13.1. The highest BCUT2D eigenvalue weighted by molar-refractivity contribution is 7.08. The number of hydrogen-bond donors (Lipinski definition) is 1. The Morgan fingerprint density at radius 2 is 2.08 bits per heavy atom. The molecule has 1 aromatic carbocycles. The second kappa shape index (κ2) is 3.14. The number of thiazole rings is 1. The molecule has 0 aliphatic heterocycles. The van der Waals surface area contributed by atoms with Crippen molar-refractivity contribution in [3.63, 3.8) is 0 Å². The standard InChI is InChI=1S/C9H6FNOS/c10-9-8(11-5-13-9)6-3-1-2-4-7(6)12/h1-5,12H. The Morgan fingerprint density at radius 3 is 2.69 bits per heavy atom. The van der Waals surface area contributed by atoms with Gasteiger partial charge in [0.25, 0.3) is 0 Å². The number of aromatic nitrogens is 1. The lowest BCUT2D eigenvalue weighted by Crippen LogP contribution is -1.80. The van der Waals surface area contributed by atoms with E-state index in [1.165, 1.54) is 11.6 Å². The van der Waals surface area contributed by atoms with Crippen molar-refractivity contribution in [3.8, 4) is 17.0 Å². The smallest absolute Gasteiger partial charge is 0.204 e. The van der Waals surface area contributed by atoms with Crippen LogP contribution in [0.3, 0.4) is 0 Å². The molecule has 0 saturated heterocycles. The summed E-state index contributed by atoms with van der Waals surface area (Å²) in [6.07, 6.45) is 0. The average molecular weight is 195 g/mol. The summed E-state index contributed by atoms with van der Waals surface area (Å²) in [5.74, 6) is 0.0484. The van der Waals surface area contributed by atoms with E-state index in [1.54, 1.807) is 18.2 Å². The zero-order valence-electron chi connectivity index (χ0n) is 6.57. The summed E-state index contributed by atoms with van der Waals surface area (Å²) in [5.41, 5.74) is 2.06. The first-order chi connectivity index (χ1) is 6.29. The maximum atomic E-state index is 13.1. The molecule has 0 saturated carbocycles. The lowest BCUT2D eigenvalue weighted by atomic mass is 10.1. The lowest BCUT2D eigenvalue weighted by Gasteiger charge is -1.99. The van der Waals surface area contributed by atoms with Crippen LogP contribution in [0, 0.1) is 5.13 Å². The first kappa shape index (κ1) is 8.19. The van der Waals surface area contributed by atoms with Gasteiger partial charge in [-0.1, -0.05) is 23.5 Å². The zero-order chi connectivity index (χ0) is 9.26. The summed E-state index contributed by atoms with van der Waals surface area (Å²) in [7, 11) is 0. The Labute approximate surface area is 78.3 Å². The molecule has 13 heavy (non-hydrogen) atoms. The SMILES string of the molecule is Oc1ccccc1-c1ncsc1F. The van der Waals surface area contributed by atoms with Crippen molar-refractivity contribution in [2.75, 3.05) is 0 Å². The molecule has 0 bridgehead atoms. The third-order valence-electron chi connectivity index (χ3n) is 1.68. The van der Waals surface area contributed by atoms with Crippen LogP contribution in [-0.2, 0) is 0 Å². The Morgan fingerprint density at radius 1 is 1.31 bits per heavy atom. The molecule has 1 aromatic heterocycles. The number of phenols is 1. The molecular formula is C9H6FNOS. The molecule has 66 valence electrons. The Bertz CT molecular complexity index is 427.